The number of carbonyl (C=O) groups excluding carboxylic acids is 1. The van der Waals surface area contributed by atoms with Crippen LogP contribution in [0.4, 0.5) is 0 Å². The lowest BCUT2D eigenvalue weighted by molar-refractivity contribution is -0.130. The number of halogens is 1. The van der Waals surface area contributed by atoms with Crippen molar-refractivity contribution in [2.45, 2.75) is 25.7 Å². The van der Waals surface area contributed by atoms with Gasteiger partial charge in [0, 0.05) is 17.6 Å². The van der Waals surface area contributed by atoms with Crippen LogP contribution in [0.5, 0.6) is 0 Å². The molecule has 0 radical (unpaired) electrons. The van der Waals surface area contributed by atoms with Crippen LogP contribution in [0.3, 0.4) is 0 Å². The first-order valence-corrected chi connectivity index (χ1v) is 8.57. The van der Waals surface area contributed by atoms with Crippen LogP contribution in [0.25, 0.3) is 0 Å². The molecular weight excluding hydrogens is 328 g/mol. The number of likely N-dealkylation sites (tertiary alicyclic amines) is 2. The van der Waals surface area contributed by atoms with Crippen molar-refractivity contribution in [1.29, 1.82) is 0 Å². The second kappa shape index (κ2) is 6.09. The third-order valence-corrected chi connectivity index (χ3v) is 5.91. The van der Waals surface area contributed by atoms with E-state index in [2.05, 4.69) is 32.8 Å². The third kappa shape index (κ3) is 3.32. The molecule has 21 heavy (non-hydrogen) atoms. The first-order valence-electron chi connectivity index (χ1n) is 7.78. The Morgan fingerprint density at radius 3 is 2.57 bits per heavy atom. The number of carbonyl (C=O) groups is 1. The summed E-state index contributed by atoms with van der Waals surface area (Å²) in [6, 6.07) is 8.02. The lowest BCUT2D eigenvalue weighted by atomic mass is 9.78. The van der Waals surface area contributed by atoms with Crippen LogP contribution in [-0.2, 0) is 11.2 Å². The monoisotopic (exact) mass is 350 g/mol. The molecule has 2 fully saturated rings. The number of benzene rings is 1. The zero-order valence-corrected chi connectivity index (χ0v) is 14.2. The van der Waals surface area contributed by atoms with Gasteiger partial charge in [0.2, 0.25) is 5.91 Å². The molecule has 4 heteroatoms. The highest BCUT2D eigenvalue weighted by molar-refractivity contribution is 9.10. The average Bonchev–Trinajstić information content (AvgIpc) is 2.89. The maximum Gasteiger partial charge on any atom is 0.227 e. The maximum absolute atomic E-state index is 12.6. The van der Waals surface area contributed by atoms with E-state index in [9.17, 15) is 4.79 Å². The molecule has 3 nitrogen and oxygen atoms in total. The molecule has 0 aromatic heterocycles. The molecule has 114 valence electrons. The standard InChI is InChI=1S/C17H23BrN2O/c1-19-9-6-17(7-10-19)8-11-20(13-17)16(21)12-14-4-2-3-5-15(14)18/h2-5H,6-13H2,1H3. The summed E-state index contributed by atoms with van der Waals surface area (Å²) in [6.45, 7) is 4.25. The van der Waals surface area contributed by atoms with E-state index < -0.39 is 0 Å². The van der Waals surface area contributed by atoms with Crippen molar-refractivity contribution in [3.8, 4) is 0 Å². The maximum atomic E-state index is 12.6. The molecule has 1 spiro atoms. The van der Waals surface area contributed by atoms with Crippen molar-refractivity contribution in [1.82, 2.24) is 9.80 Å². The highest BCUT2D eigenvalue weighted by Crippen LogP contribution is 2.40. The topological polar surface area (TPSA) is 23.6 Å². The Bertz CT molecular complexity index is 523. The number of amides is 1. The van der Waals surface area contributed by atoms with Crippen LogP contribution in [-0.4, -0.2) is 48.9 Å². The predicted molar refractivity (Wildman–Crippen MR) is 88.2 cm³/mol. The molecule has 2 heterocycles. The molecule has 1 aromatic rings. The molecule has 0 N–H and O–H groups in total. The number of nitrogens with zero attached hydrogens (tertiary/aromatic N) is 2. The van der Waals surface area contributed by atoms with Gasteiger partial charge in [-0.1, -0.05) is 34.1 Å². The summed E-state index contributed by atoms with van der Waals surface area (Å²) in [5, 5.41) is 0. The van der Waals surface area contributed by atoms with Crippen molar-refractivity contribution >= 4 is 21.8 Å². The Morgan fingerprint density at radius 2 is 1.86 bits per heavy atom. The highest BCUT2D eigenvalue weighted by Gasteiger charge is 2.41. The average molecular weight is 351 g/mol. The fourth-order valence-electron chi connectivity index (χ4n) is 3.57. The summed E-state index contributed by atoms with van der Waals surface area (Å²) < 4.78 is 1.03. The number of piperidine rings is 1. The van der Waals surface area contributed by atoms with Crippen LogP contribution in [0.2, 0.25) is 0 Å². The molecule has 0 unspecified atom stereocenters. The summed E-state index contributed by atoms with van der Waals surface area (Å²) >= 11 is 3.53. The minimum absolute atomic E-state index is 0.276. The van der Waals surface area contributed by atoms with Crippen LogP contribution < -0.4 is 0 Å². The van der Waals surface area contributed by atoms with Gasteiger partial charge in [-0.2, -0.15) is 0 Å². The van der Waals surface area contributed by atoms with Crippen LogP contribution >= 0.6 is 15.9 Å². The van der Waals surface area contributed by atoms with Crippen molar-refractivity contribution in [3.63, 3.8) is 0 Å². The van der Waals surface area contributed by atoms with E-state index in [1.807, 2.05) is 24.3 Å². The minimum Gasteiger partial charge on any atom is -0.342 e. The predicted octanol–water partition coefficient (Wildman–Crippen LogP) is 2.94. The van der Waals surface area contributed by atoms with Gasteiger partial charge >= 0.3 is 0 Å². The highest BCUT2D eigenvalue weighted by atomic mass is 79.9. The Labute approximate surface area is 135 Å². The molecule has 0 atom stereocenters. The summed E-state index contributed by atoms with van der Waals surface area (Å²) in [6.07, 6.45) is 4.17. The lowest BCUT2D eigenvalue weighted by Gasteiger charge is -2.37. The molecule has 2 aliphatic heterocycles. The number of rotatable bonds is 2. The Morgan fingerprint density at radius 1 is 1.19 bits per heavy atom. The molecule has 2 saturated heterocycles. The summed E-state index contributed by atoms with van der Waals surface area (Å²) in [5.74, 6) is 0.276. The van der Waals surface area contributed by atoms with Gasteiger partial charge in [-0.05, 0) is 56.4 Å². The molecule has 2 aliphatic rings. The number of hydrogen-bond acceptors (Lipinski definition) is 2. The Balaban J connectivity index is 1.61. The van der Waals surface area contributed by atoms with Gasteiger partial charge in [-0.15, -0.1) is 0 Å². The van der Waals surface area contributed by atoms with E-state index >= 15 is 0 Å². The minimum atomic E-state index is 0.276. The largest absolute Gasteiger partial charge is 0.342 e. The molecule has 1 aromatic carbocycles. The molecular formula is C17H23BrN2O. The smallest absolute Gasteiger partial charge is 0.227 e. The van der Waals surface area contributed by atoms with Crippen molar-refractivity contribution in [2.24, 2.45) is 5.41 Å². The molecule has 1 amide bonds. The summed E-state index contributed by atoms with van der Waals surface area (Å²) in [4.78, 5) is 17.0. The fourth-order valence-corrected chi connectivity index (χ4v) is 3.99. The second-order valence-electron chi connectivity index (χ2n) is 6.64. The van der Waals surface area contributed by atoms with Gasteiger partial charge in [0.1, 0.15) is 0 Å². The van der Waals surface area contributed by atoms with Gasteiger partial charge < -0.3 is 9.80 Å². The van der Waals surface area contributed by atoms with E-state index in [-0.39, 0.29) is 5.91 Å². The van der Waals surface area contributed by atoms with Gasteiger partial charge in [-0.25, -0.2) is 0 Å². The second-order valence-corrected chi connectivity index (χ2v) is 7.49. The van der Waals surface area contributed by atoms with Crippen molar-refractivity contribution < 1.29 is 4.79 Å². The van der Waals surface area contributed by atoms with Gasteiger partial charge in [0.15, 0.2) is 0 Å². The molecule has 0 bridgehead atoms. The Hall–Kier alpha value is -0.870. The zero-order chi connectivity index (χ0) is 14.9. The molecule has 3 rings (SSSR count). The van der Waals surface area contributed by atoms with E-state index in [1.165, 1.54) is 32.4 Å². The third-order valence-electron chi connectivity index (χ3n) is 5.14. The van der Waals surface area contributed by atoms with Gasteiger partial charge in [0.05, 0.1) is 6.42 Å². The fraction of sp³-hybridized carbons (Fsp3) is 0.588. The lowest BCUT2D eigenvalue weighted by Crippen LogP contribution is -2.40. The zero-order valence-electron chi connectivity index (χ0n) is 12.6. The van der Waals surface area contributed by atoms with Crippen molar-refractivity contribution in [2.75, 3.05) is 33.2 Å². The van der Waals surface area contributed by atoms with Gasteiger partial charge in [-0.3, -0.25) is 4.79 Å². The summed E-state index contributed by atoms with van der Waals surface area (Å²) in [5.41, 5.74) is 1.49. The van der Waals surface area contributed by atoms with Crippen molar-refractivity contribution in [3.05, 3.63) is 34.3 Å². The SMILES string of the molecule is CN1CCC2(CC1)CCN(C(=O)Cc1ccccc1Br)C2. The van der Waals surface area contributed by atoms with E-state index in [0.717, 1.165) is 23.1 Å². The van der Waals surface area contributed by atoms with Gasteiger partial charge in [0.25, 0.3) is 0 Å². The number of hydrogen-bond donors (Lipinski definition) is 0. The Kier molecular flexibility index (Phi) is 4.36. The van der Waals surface area contributed by atoms with E-state index in [4.69, 9.17) is 0 Å². The quantitative estimate of drug-likeness (QED) is 0.818. The van der Waals surface area contributed by atoms with E-state index in [0.29, 0.717) is 11.8 Å². The molecule has 0 aliphatic carbocycles. The first kappa shape index (κ1) is 15.0. The van der Waals surface area contributed by atoms with Crippen LogP contribution in [0, 0.1) is 5.41 Å². The normalized spacial score (nSPS) is 21.9. The van der Waals surface area contributed by atoms with Crippen LogP contribution in [0.1, 0.15) is 24.8 Å². The first-order chi connectivity index (χ1) is 10.1. The van der Waals surface area contributed by atoms with Crippen LogP contribution in [0.15, 0.2) is 28.7 Å². The summed E-state index contributed by atoms with van der Waals surface area (Å²) in [7, 11) is 2.19. The molecule has 0 saturated carbocycles. The van der Waals surface area contributed by atoms with E-state index in [1.54, 1.807) is 0 Å².